The van der Waals surface area contributed by atoms with Gasteiger partial charge in [0.15, 0.2) is 80.2 Å². The highest BCUT2D eigenvalue weighted by molar-refractivity contribution is 4.98. The average molecular weight is 574 g/mol. The number of alkyl halides is 17. The van der Waals surface area contributed by atoms with Crippen molar-refractivity contribution < 1.29 is 74.6 Å². The third kappa shape index (κ3) is 9.28. The molecule has 0 aromatic heterocycles. The molecule has 0 bridgehead atoms. The maximum atomic E-state index is 13.8. The quantitative estimate of drug-likeness (QED) is 0.121. The molecule has 0 rings (SSSR count). The predicted molar refractivity (Wildman–Crippen MR) is 94.4 cm³/mol. The fraction of sp³-hybridized carbons (Fsp3) is 1.00. The molecule has 0 N–H and O–H groups in total. The second kappa shape index (κ2) is 15.9. The first-order valence-electron chi connectivity index (χ1n) is 10.3. The van der Waals surface area contributed by atoms with Gasteiger partial charge in [-0.1, -0.05) is 0 Å². The number of rotatable bonds is 18. The zero-order valence-electron chi connectivity index (χ0n) is 17.9. The molecular weight excluding hydrogens is 551 g/mol. The summed E-state index contributed by atoms with van der Waals surface area (Å²) in [5.74, 6) is 0. The Morgan fingerprint density at radius 3 is 0.806 bits per heavy atom. The Bertz CT molecular complexity index is 584. The molecule has 0 heterocycles. The van der Waals surface area contributed by atoms with Gasteiger partial charge in [0, 0.05) is 0 Å². The fourth-order valence-corrected chi connectivity index (χ4v) is 2.86. The van der Waals surface area contributed by atoms with Crippen molar-refractivity contribution in [3.63, 3.8) is 0 Å². The van der Waals surface area contributed by atoms with E-state index in [9.17, 15) is 74.6 Å². The summed E-state index contributed by atoms with van der Waals surface area (Å²) in [4.78, 5) is 0. The monoisotopic (exact) mass is 574 g/mol. The first-order valence-corrected chi connectivity index (χ1v) is 10.3. The minimum Gasteiger partial charge on any atom is -0.251 e. The Balaban J connectivity index is 5.20. The molecule has 0 radical (unpaired) electrons. The van der Waals surface area contributed by atoms with Gasteiger partial charge in [-0.05, 0) is 19.3 Å². The molecule has 0 spiro atoms. The highest BCUT2D eigenvalue weighted by atomic mass is 19.3. The molecule has 0 aromatic carbocycles. The highest BCUT2D eigenvalue weighted by Gasteiger charge is 2.52. The summed E-state index contributed by atoms with van der Waals surface area (Å²) in [6.07, 6.45) is -62.3. The Kier molecular flexibility index (Phi) is 15.4. The van der Waals surface area contributed by atoms with E-state index < -0.39 is 106 Å². The number of halogens is 17. The van der Waals surface area contributed by atoms with Gasteiger partial charge in [-0.25, -0.2) is 70.2 Å². The third-order valence-corrected chi connectivity index (χ3v) is 5.10. The van der Waals surface area contributed by atoms with Crippen LogP contribution in [0.3, 0.4) is 0 Å². The smallest absolute Gasteiger partial charge is 0.251 e. The molecule has 0 aliphatic carbocycles. The Hall–Kier alpha value is -1.19. The van der Waals surface area contributed by atoms with Crippen LogP contribution in [0.4, 0.5) is 74.6 Å². The molecule has 0 aliphatic rings. The summed E-state index contributed by atoms with van der Waals surface area (Å²) in [5, 5.41) is 0. The lowest BCUT2D eigenvalue weighted by molar-refractivity contribution is -0.0839. The van der Waals surface area contributed by atoms with E-state index >= 15 is 0 Å². The highest BCUT2D eigenvalue weighted by Crippen LogP contribution is 2.32. The molecule has 0 nitrogen and oxygen atoms in total. The van der Waals surface area contributed by atoms with E-state index in [0.717, 1.165) is 0 Å². The van der Waals surface area contributed by atoms with Gasteiger partial charge in [-0.2, -0.15) is 0 Å². The van der Waals surface area contributed by atoms with E-state index in [1.165, 1.54) is 0 Å². The summed E-state index contributed by atoms with van der Waals surface area (Å²) >= 11 is 0. The van der Waals surface area contributed by atoms with Crippen LogP contribution in [0.15, 0.2) is 0 Å². The van der Waals surface area contributed by atoms with Crippen LogP contribution in [-0.2, 0) is 0 Å². The molecule has 36 heavy (non-hydrogen) atoms. The normalized spacial score (nSPS) is 24.5. The fourth-order valence-electron chi connectivity index (χ4n) is 2.86. The van der Waals surface area contributed by atoms with Gasteiger partial charge in [0.1, 0.15) is 6.17 Å². The van der Waals surface area contributed by atoms with E-state index in [1.807, 2.05) is 0 Å². The van der Waals surface area contributed by atoms with Crippen LogP contribution < -0.4 is 0 Å². The predicted octanol–water partition coefficient (Wildman–Crippen LogP) is 7.12. The van der Waals surface area contributed by atoms with Crippen LogP contribution in [-0.4, -0.2) is 99.5 Å². The largest absolute Gasteiger partial charge is 0.272 e. The van der Waals surface area contributed by atoms with Crippen LogP contribution >= 0.6 is 0 Å². The zero-order chi connectivity index (χ0) is 28.5. The van der Waals surface area contributed by atoms with Crippen molar-refractivity contribution >= 4 is 0 Å². The molecule has 0 aromatic rings. The van der Waals surface area contributed by atoms with Crippen LogP contribution in [0.25, 0.3) is 0 Å². The lowest BCUT2D eigenvalue weighted by Crippen LogP contribution is -2.51. The van der Waals surface area contributed by atoms with Gasteiger partial charge in [-0.15, -0.1) is 0 Å². The summed E-state index contributed by atoms with van der Waals surface area (Å²) in [6.45, 7) is -0.974. The van der Waals surface area contributed by atoms with E-state index in [1.54, 1.807) is 0 Å². The van der Waals surface area contributed by atoms with Crippen molar-refractivity contribution in [3.05, 3.63) is 0 Å². The second-order valence-electron chi connectivity index (χ2n) is 7.81. The van der Waals surface area contributed by atoms with Gasteiger partial charge >= 0.3 is 0 Å². The molecule has 17 heteroatoms. The summed E-state index contributed by atoms with van der Waals surface area (Å²) < 4.78 is 225. The van der Waals surface area contributed by atoms with Crippen LogP contribution in [0.2, 0.25) is 0 Å². The summed E-state index contributed by atoms with van der Waals surface area (Å²) in [7, 11) is 0. The van der Waals surface area contributed by atoms with E-state index in [2.05, 4.69) is 0 Å². The third-order valence-electron chi connectivity index (χ3n) is 5.10. The van der Waals surface area contributed by atoms with Crippen LogP contribution in [0.5, 0.6) is 0 Å². The molecule has 14 unspecified atom stereocenters. The topological polar surface area (TPSA) is 0 Å². The molecular formula is C19H23F17. The van der Waals surface area contributed by atoms with Crippen molar-refractivity contribution in [1.82, 2.24) is 0 Å². The molecule has 0 saturated carbocycles. The van der Waals surface area contributed by atoms with Crippen LogP contribution in [0, 0.1) is 0 Å². The van der Waals surface area contributed by atoms with E-state index in [-0.39, 0.29) is 12.8 Å². The summed E-state index contributed by atoms with van der Waals surface area (Å²) in [5.41, 5.74) is 0. The van der Waals surface area contributed by atoms with E-state index in [4.69, 9.17) is 0 Å². The number of unbranched alkanes of at least 4 members (excludes halogenated alkanes) is 1. The SMILES string of the molecule is FCCCCC(F)C(F)C(F)C(F)C(F)C(F)C(F)C(F)C(F)C(F)C(F)C(F)C(F)C(F)C(F)F. The number of hydrogen-bond donors (Lipinski definition) is 0. The molecule has 0 saturated heterocycles. The Morgan fingerprint density at radius 2 is 0.556 bits per heavy atom. The van der Waals surface area contributed by atoms with Crippen molar-refractivity contribution in [3.8, 4) is 0 Å². The van der Waals surface area contributed by atoms with E-state index in [0.29, 0.717) is 0 Å². The lowest BCUT2D eigenvalue weighted by atomic mass is 9.93. The van der Waals surface area contributed by atoms with Gasteiger partial charge in [0.05, 0.1) is 6.67 Å². The second-order valence-corrected chi connectivity index (χ2v) is 7.81. The molecule has 0 aliphatic heterocycles. The number of hydrogen-bond acceptors (Lipinski definition) is 0. The molecule has 0 amide bonds. The molecule has 14 atom stereocenters. The van der Waals surface area contributed by atoms with Crippen molar-refractivity contribution in [2.75, 3.05) is 6.67 Å². The standard InChI is InChI=1S/C19H23F17/c20-4-2-1-3-5(21)6(22)7(23)8(24)9(25)10(26)11(27)12(28)13(29)14(30)15(31)16(32)17(33)18(34)19(35)36/h5-19H,1-4H2. The average Bonchev–Trinajstić information content (AvgIpc) is 2.86. The van der Waals surface area contributed by atoms with Gasteiger partial charge in [-0.3, -0.25) is 4.39 Å². The lowest BCUT2D eigenvalue weighted by Gasteiger charge is -2.29. The van der Waals surface area contributed by atoms with Crippen LogP contribution in [0.1, 0.15) is 19.3 Å². The Labute approximate surface area is 194 Å². The minimum atomic E-state index is -4.32. The van der Waals surface area contributed by atoms with Crippen molar-refractivity contribution in [2.24, 2.45) is 0 Å². The first-order chi connectivity index (χ1) is 16.5. The first kappa shape index (κ1) is 34.8. The van der Waals surface area contributed by atoms with Gasteiger partial charge < -0.3 is 0 Å². The van der Waals surface area contributed by atoms with Crippen molar-refractivity contribution in [1.29, 1.82) is 0 Å². The van der Waals surface area contributed by atoms with Gasteiger partial charge in [0.25, 0.3) is 6.43 Å². The molecule has 0 fully saturated rings. The Morgan fingerprint density at radius 1 is 0.306 bits per heavy atom. The maximum absolute atomic E-state index is 13.8. The maximum Gasteiger partial charge on any atom is 0.272 e. The van der Waals surface area contributed by atoms with Gasteiger partial charge in [0.2, 0.25) is 0 Å². The zero-order valence-corrected chi connectivity index (χ0v) is 17.9. The minimum absolute atomic E-state index is 0.307. The van der Waals surface area contributed by atoms with Crippen molar-refractivity contribution in [2.45, 2.75) is 112 Å². The molecule has 218 valence electrons. The summed E-state index contributed by atoms with van der Waals surface area (Å²) in [6, 6.07) is 0.